The van der Waals surface area contributed by atoms with Gasteiger partial charge in [-0.2, -0.15) is 59.5 Å². The van der Waals surface area contributed by atoms with E-state index in [-0.39, 0.29) is 21.1 Å². The number of para-hydroxylation sites is 5. The third kappa shape index (κ3) is 7.54. The second-order valence-electron chi connectivity index (χ2n) is 20.6. The van der Waals surface area contributed by atoms with E-state index in [1.54, 1.807) is 0 Å². The zero-order valence-corrected chi connectivity index (χ0v) is 43.1. The summed E-state index contributed by atoms with van der Waals surface area (Å²) in [5.41, 5.74) is 6.45. The van der Waals surface area contributed by atoms with Crippen LogP contribution in [-0.4, -0.2) is 28.2 Å². The fourth-order valence-electron chi connectivity index (χ4n) is 14.0. The Labute approximate surface area is 434 Å². The van der Waals surface area contributed by atoms with Gasteiger partial charge in [0.25, 0.3) is 0 Å². The van der Waals surface area contributed by atoms with Gasteiger partial charge >= 0.3 is 0 Å². The van der Waals surface area contributed by atoms with Crippen LogP contribution in [0.25, 0.3) is 38.8 Å². The minimum atomic E-state index is -3.28. The van der Waals surface area contributed by atoms with Gasteiger partial charge in [-0.15, -0.1) is 11.1 Å². The van der Waals surface area contributed by atoms with Crippen LogP contribution in [0.5, 0.6) is 0 Å². The Morgan fingerprint density at radius 3 is 1.83 bits per heavy atom. The SMILES string of the molecule is [2H]C([2H])([2H])n1c(-n2c3[c-]c([Si](c4[c-]c(N5[CH-]N(C6C(C7CCCCC7)CCCC6C6CCCCC6)c6ccccc65)ccc4)(c4ccccc4)c4ccccc4)ccc3c3ccccc32)nc2ccccc21.[Pt]. The molecule has 4 aliphatic rings. The Kier molecular flexibility index (Phi) is 11.5. The summed E-state index contributed by atoms with van der Waals surface area (Å²) in [6, 6.07) is 67.1. The first kappa shape index (κ1) is 42.0. The van der Waals surface area contributed by atoms with Crippen LogP contribution in [0.3, 0.4) is 0 Å². The Bertz CT molecular complexity index is 3330. The average molecular weight is 1120 g/mol. The van der Waals surface area contributed by atoms with E-state index < -0.39 is 15.0 Å². The van der Waals surface area contributed by atoms with Crippen molar-refractivity contribution in [2.45, 2.75) is 89.5 Å². The van der Waals surface area contributed by atoms with E-state index in [1.807, 2.05) is 34.9 Å². The molecule has 3 fully saturated rings. The van der Waals surface area contributed by atoms with Gasteiger partial charge in [-0.25, -0.2) is 4.98 Å². The number of anilines is 3. The molecule has 2 unspecified atom stereocenters. The van der Waals surface area contributed by atoms with Crippen LogP contribution in [0.15, 0.2) is 164 Å². The number of nitrogens with zero attached hydrogens (tertiary/aromatic N) is 5. The van der Waals surface area contributed by atoms with Crippen molar-refractivity contribution in [2.24, 2.45) is 30.6 Å². The molecule has 3 saturated carbocycles. The van der Waals surface area contributed by atoms with Gasteiger partial charge < -0.3 is 18.9 Å². The Hall–Kier alpha value is -5.68. The number of hydrogen-bond donors (Lipinski definition) is 0. The molecule has 0 amide bonds. The summed E-state index contributed by atoms with van der Waals surface area (Å²) in [6.45, 7) is -0.00208. The van der Waals surface area contributed by atoms with Gasteiger partial charge in [0.1, 0.15) is 8.07 Å². The second-order valence-corrected chi connectivity index (χ2v) is 24.3. The van der Waals surface area contributed by atoms with E-state index in [0.717, 1.165) is 49.7 Å². The van der Waals surface area contributed by atoms with Crippen molar-refractivity contribution in [1.82, 2.24) is 14.1 Å². The van der Waals surface area contributed by atoms with Crippen LogP contribution in [0.2, 0.25) is 0 Å². The molecule has 13 rings (SSSR count). The van der Waals surface area contributed by atoms with Crippen molar-refractivity contribution >= 4 is 78.7 Å². The molecule has 2 aromatic heterocycles. The molecule has 7 heteroatoms. The van der Waals surface area contributed by atoms with Gasteiger partial charge in [0.15, 0.2) is 0 Å². The summed E-state index contributed by atoms with van der Waals surface area (Å²) in [4.78, 5) is 10.3. The van der Waals surface area contributed by atoms with Crippen LogP contribution in [0, 0.1) is 42.5 Å². The molecule has 0 radical (unpaired) electrons. The number of benzene rings is 7. The maximum Gasteiger partial charge on any atom is 0.213 e. The molecule has 0 bridgehead atoms. The van der Waals surface area contributed by atoms with Crippen molar-refractivity contribution in [3.63, 3.8) is 0 Å². The monoisotopic (exact) mass is 1110 g/mol. The summed E-state index contributed by atoms with van der Waals surface area (Å²) < 4.78 is 30.0. The van der Waals surface area contributed by atoms with Crippen molar-refractivity contribution < 1.29 is 25.2 Å². The minimum absolute atomic E-state index is 0. The predicted octanol–water partition coefficient (Wildman–Crippen LogP) is 12.7. The molecule has 0 N–H and O–H groups in total. The first-order valence-corrected chi connectivity index (χ1v) is 28.0. The number of imidazole rings is 1. The van der Waals surface area contributed by atoms with Gasteiger partial charge in [0.2, 0.25) is 5.95 Å². The molecular formula is C63H62N5PtSi-3. The zero-order valence-electron chi connectivity index (χ0n) is 42.8. The van der Waals surface area contributed by atoms with E-state index in [1.165, 1.54) is 110 Å². The molecule has 3 aliphatic carbocycles. The number of aromatic nitrogens is 3. The predicted molar refractivity (Wildman–Crippen MR) is 289 cm³/mol. The van der Waals surface area contributed by atoms with Crippen LogP contribution in [-0.2, 0) is 28.0 Å². The molecule has 5 nitrogen and oxygen atoms in total. The van der Waals surface area contributed by atoms with E-state index >= 15 is 0 Å². The van der Waals surface area contributed by atoms with E-state index in [4.69, 9.17) is 9.10 Å². The van der Waals surface area contributed by atoms with Gasteiger partial charge in [-0.3, -0.25) is 0 Å². The second kappa shape index (κ2) is 19.1. The first-order valence-electron chi connectivity index (χ1n) is 27.5. The molecule has 1 aliphatic heterocycles. The number of hydrogen-bond acceptors (Lipinski definition) is 3. The summed E-state index contributed by atoms with van der Waals surface area (Å²) in [7, 11) is -3.28. The quantitative estimate of drug-likeness (QED) is 0.0819. The maximum atomic E-state index is 8.86. The molecule has 9 aromatic rings. The molecule has 0 spiro atoms. The standard InChI is InChI=1S/C63H62N5Si.Pt/c1-65-58-37-17-15-35-56(58)64-63(65)68-57-36-16-14-32-54(57)55-41-40-51(43-61(55)68)69(48-27-10-4-11-28-48,49-29-12-5-13-30-49)50-31-20-26-47(42-50)66-44-67(60-39-19-18-38-59(60)66)62-52(45-22-6-2-7-23-45)33-21-34-53(62)46-24-8-3-9-25-46;/h4-5,10-20,26-32,35-41,44-46,52-53,62H,2-3,6-9,21-25,33-34H2,1H3;/q-3;/i1D3;. The maximum absolute atomic E-state index is 8.86. The third-order valence-corrected chi connectivity index (χ3v) is 21.6. The summed E-state index contributed by atoms with van der Waals surface area (Å²) in [5, 5.41) is 6.64. The number of fused-ring (bicyclic) bond motifs is 5. The molecule has 3 heterocycles. The Balaban J connectivity index is 0.00000543. The summed E-state index contributed by atoms with van der Waals surface area (Å²) in [6.07, 6.45) is 17.8. The van der Waals surface area contributed by atoms with Crippen molar-refractivity contribution in [2.75, 3.05) is 9.80 Å². The van der Waals surface area contributed by atoms with Crippen molar-refractivity contribution in [3.05, 3.63) is 183 Å². The van der Waals surface area contributed by atoms with Crippen LogP contribution >= 0.6 is 0 Å². The largest absolute Gasteiger partial charge is 0.498 e. The fourth-order valence-corrected chi connectivity index (χ4v) is 18.5. The molecule has 356 valence electrons. The Morgan fingerprint density at radius 1 is 0.543 bits per heavy atom. The molecule has 7 aromatic carbocycles. The average Bonchev–Trinajstić information content (AvgIpc) is 4.12. The summed E-state index contributed by atoms with van der Waals surface area (Å²) in [5.74, 6) is 3.32. The molecule has 70 heavy (non-hydrogen) atoms. The minimum Gasteiger partial charge on any atom is -0.498 e. The Morgan fingerprint density at radius 2 is 1.14 bits per heavy atom. The molecular weight excluding hydrogens is 1050 g/mol. The molecule has 2 atom stereocenters. The normalized spacial score (nSPS) is 21.1. The number of rotatable bonds is 9. The van der Waals surface area contributed by atoms with E-state index in [9.17, 15) is 0 Å². The van der Waals surface area contributed by atoms with Gasteiger partial charge in [0.05, 0.1) is 11.0 Å². The van der Waals surface area contributed by atoms with E-state index in [0.29, 0.717) is 34.9 Å². The topological polar surface area (TPSA) is 29.2 Å². The smallest absolute Gasteiger partial charge is 0.213 e. The fraction of sp³-hybridized carbons (Fsp3) is 0.302. The van der Waals surface area contributed by atoms with Crippen molar-refractivity contribution in [3.8, 4) is 5.95 Å². The first-order chi connectivity index (χ1) is 35.4. The van der Waals surface area contributed by atoms with Crippen LogP contribution < -0.4 is 30.5 Å². The van der Waals surface area contributed by atoms with Gasteiger partial charge in [0, 0.05) is 55.1 Å². The van der Waals surface area contributed by atoms with Crippen molar-refractivity contribution in [1.29, 1.82) is 0 Å². The van der Waals surface area contributed by atoms with Crippen LogP contribution in [0.1, 0.15) is 87.6 Å². The van der Waals surface area contributed by atoms with Gasteiger partial charge in [-0.05, 0) is 82.6 Å². The number of aryl methyl sites for hydroxylation is 1. The van der Waals surface area contributed by atoms with Crippen LogP contribution in [0.4, 0.5) is 17.1 Å². The molecule has 0 saturated heterocycles. The van der Waals surface area contributed by atoms with E-state index in [2.05, 4.69) is 162 Å². The van der Waals surface area contributed by atoms with Gasteiger partial charge in [-0.1, -0.05) is 179 Å². The zero-order chi connectivity index (χ0) is 48.4. The third-order valence-electron chi connectivity index (χ3n) is 17.0. The summed E-state index contributed by atoms with van der Waals surface area (Å²) >= 11 is 0.